The fraction of sp³-hybridized carbons (Fsp3) is 0. The molecule has 0 spiro atoms. The summed E-state index contributed by atoms with van der Waals surface area (Å²) in [4.78, 5) is 21.7. The third-order valence-electron chi connectivity index (χ3n) is 5.36. The number of ether oxygens (including phenoxy) is 1. The Kier molecular flexibility index (Phi) is 5.64. The molecular weight excluding hydrogens is 518 g/mol. The van der Waals surface area contributed by atoms with Gasteiger partial charge in [0.2, 0.25) is 0 Å². The van der Waals surface area contributed by atoms with Crippen molar-refractivity contribution in [1.82, 2.24) is 0 Å². The van der Waals surface area contributed by atoms with Gasteiger partial charge in [-0.1, -0.05) is 18.7 Å². The van der Waals surface area contributed by atoms with Crippen molar-refractivity contribution in [2.24, 2.45) is 0 Å². The van der Waals surface area contributed by atoms with Crippen molar-refractivity contribution < 1.29 is 50.5 Å². The van der Waals surface area contributed by atoms with E-state index in [9.17, 15) is 45.7 Å². The molecule has 0 radical (unpaired) electrons. The number of rotatable bonds is 5. The number of fused-ring (bicyclic) bond motifs is 2. The Labute approximate surface area is 202 Å². The molecule has 0 bridgehead atoms. The van der Waals surface area contributed by atoms with E-state index in [-0.39, 0.29) is 32.7 Å². The van der Waals surface area contributed by atoms with Gasteiger partial charge in [-0.25, -0.2) is 9.59 Å². The number of anilines is 1. The van der Waals surface area contributed by atoms with Crippen molar-refractivity contribution in [1.29, 1.82) is 0 Å². The normalized spacial score (nSPS) is 12.9. The summed E-state index contributed by atoms with van der Waals surface area (Å²) in [5.74, 6) is -4.22. The first kappa shape index (κ1) is 24.9. The topological polar surface area (TPSA) is 219 Å². The van der Waals surface area contributed by atoms with E-state index in [1.807, 2.05) is 0 Å². The first-order valence-corrected chi connectivity index (χ1v) is 12.5. The zero-order valence-corrected chi connectivity index (χ0v) is 19.4. The fourth-order valence-corrected chi connectivity index (χ4v) is 5.47. The predicted octanol–water partition coefficient (Wildman–Crippen LogP) is 0.922. The molecule has 1 aliphatic heterocycles. The highest BCUT2D eigenvalue weighted by Gasteiger charge is 2.34. The summed E-state index contributed by atoms with van der Waals surface area (Å²) < 4.78 is 74.0. The van der Waals surface area contributed by atoms with Gasteiger partial charge in [0.25, 0.3) is 20.2 Å². The van der Waals surface area contributed by atoms with E-state index in [2.05, 4.69) is 6.58 Å². The highest BCUT2D eigenvalue weighted by molar-refractivity contribution is 7.86. The molecule has 0 amide bonds. The van der Waals surface area contributed by atoms with E-state index < -0.39 is 64.7 Å². The monoisotopic (exact) mass is 533 g/mol. The zero-order valence-electron chi connectivity index (χ0n) is 17.8. The molecule has 12 nitrogen and oxygen atoms in total. The average Bonchev–Trinajstić information content (AvgIpc) is 2.74. The lowest BCUT2D eigenvalue weighted by Crippen LogP contribution is -2.27. The number of nitrogen functional groups attached to an aromatic ring is 1. The molecule has 6 N–H and O–H groups in total. The first-order chi connectivity index (χ1) is 16.6. The summed E-state index contributed by atoms with van der Waals surface area (Å²) in [6.07, 6.45) is 0. The van der Waals surface area contributed by atoms with Crippen molar-refractivity contribution in [2.45, 2.75) is 9.79 Å². The fourth-order valence-electron chi connectivity index (χ4n) is 3.94. The standard InChI is InChI=1S/C22H15NO11S2/c1-9-2-4-12-16(11-5-3-10(21(24)25)8-14(11)22(26)27)13-6-7-15(23)20(36(31,32)33)18(13)34-17(12)19(9)35(28,29)30/h2-8H,1,23H2,(H,24,25)(H,26,27)(H,28,29,30)(H,31,32,33). The Morgan fingerprint density at radius 1 is 0.806 bits per heavy atom. The summed E-state index contributed by atoms with van der Waals surface area (Å²) in [6, 6.07) is 7.93. The predicted molar refractivity (Wildman–Crippen MR) is 124 cm³/mol. The molecule has 0 saturated heterocycles. The van der Waals surface area contributed by atoms with Gasteiger partial charge >= 0.3 is 11.9 Å². The average molecular weight is 533 g/mol. The number of hydrogen-bond acceptors (Lipinski definition) is 8. The van der Waals surface area contributed by atoms with Crippen LogP contribution in [0.1, 0.15) is 31.8 Å². The molecule has 0 fully saturated rings. The van der Waals surface area contributed by atoms with Crippen LogP contribution in [0.5, 0.6) is 11.5 Å². The number of carboxylic acids is 2. The maximum atomic E-state index is 12.2. The van der Waals surface area contributed by atoms with Crippen LogP contribution in [0.4, 0.5) is 5.69 Å². The van der Waals surface area contributed by atoms with Gasteiger partial charge in [0, 0.05) is 16.4 Å². The minimum Gasteiger partial charge on any atom is -0.478 e. The molecule has 14 heteroatoms. The minimum absolute atomic E-state index is 0.0980. The second-order valence-electron chi connectivity index (χ2n) is 7.59. The van der Waals surface area contributed by atoms with Gasteiger partial charge in [-0.05, 0) is 41.1 Å². The SMILES string of the molecule is C=c1ccc2c(c1S(=O)(=O)O)Oc1c(ccc(N)c1S(=O)(=O)O)C=2c1ccc(C(=O)O)cc1C(=O)O. The van der Waals surface area contributed by atoms with E-state index in [0.29, 0.717) is 0 Å². The molecule has 3 aromatic carbocycles. The lowest BCUT2D eigenvalue weighted by Gasteiger charge is -2.25. The minimum atomic E-state index is -5.07. The number of aromatic carboxylic acids is 2. The maximum Gasteiger partial charge on any atom is 0.336 e. The highest BCUT2D eigenvalue weighted by atomic mass is 32.2. The Balaban J connectivity index is 2.32. The smallest absolute Gasteiger partial charge is 0.336 e. The molecule has 0 saturated carbocycles. The number of carbonyl (C=O) groups is 2. The lowest BCUT2D eigenvalue weighted by molar-refractivity contribution is 0.0695. The van der Waals surface area contributed by atoms with E-state index >= 15 is 0 Å². The van der Waals surface area contributed by atoms with E-state index in [4.69, 9.17) is 10.5 Å². The van der Waals surface area contributed by atoms with Crippen molar-refractivity contribution >= 4 is 50.0 Å². The summed E-state index contributed by atoms with van der Waals surface area (Å²) in [7, 11) is -10.1. The molecule has 3 aromatic rings. The summed E-state index contributed by atoms with van der Waals surface area (Å²) in [6.45, 7) is 3.53. The third-order valence-corrected chi connectivity index (χ3v) is 7.26. The Morgan fingerprint density at radius 2 is 1.42 bits per heavy atom. The van der Waals surface area contributed by atoms with Crippen LogP contribution in [0.25, 0.3) is 12.2 Å². The van der Waals surface area contributed by atoms with Crippen LogP contribution in [-0.2, 0) is 20.2 Å². The van der Waals surface area contributed by atoms with E-state index in [1.54, 1.807) is 0 Å². The highest BCUT2D eigenvalue weighted by Crippen LogP contribution is 2.44. The van der Waals surface area contributed by atoms with Crippen LogP contribution in [0, 0.1) is 0 Å². The molecule has 0 unspecified atom stereocenters. The second-order valence-corrected chi connectivity index (χ2v) is 10.3. The van der Waals surface area contributed by atoms with Gasteiger partial charge in [-0.15, -0.1) is 0 Å². The van der Waals surface area contributed by atoms with Crippen LogP contribution in [-0.4, -0.2) is 48.1 Å². The number of hydrogen-bond donors (Lipinski definition) is 5. The molecule has 0 atom stereocenters. The van der Waals surface area contributed by atoms with Gasteiger partial charge in [0.1, 0.15) is 4.90 Å². The second kappa shape index (κ2) is 8.17. The maximum absolute atomic E-state index is 12.2. The summed E-state index contributed by atoms with van der Waals surface area (Å²) in [5, 5.41) is 18.8. The van der Waals surface area contributed by atoms with Gasteiger partial charge in [0.15, 0.2) is 16.4 Å². The number of benzene rings is 3. The Morgan fingerprint density at radius 3 is 1.97 bits per heavy atom. The molecule has 0 aliphatic carbocycles. The number of carboxylic acid groups (broad SMARTS) is 2. The first-order valence-electron chi connectivity index (χ1n) is 9.66. The van der Waals surface area contributed by atoms with Crippen molar-refractivity contribution in [3.05, 3.63) is 75.2 Å². The quantitative estimate of drug-likeness (QED) is 0.179. The summed E-state index contributed by atoms with van der Waals surface area (Å²) in [5.41, 5.74) is 4.01. The molecule has 1 aliphatic rings. The van der Waals surface area contributed by atoms with E-state index in [0.717, 1.165) is 24.3 Å². The largest absolute Gasteiger partial charge is 0.478 e. The summed E-state index contributed by atoms with van der Waals surface area (Å²) >= 11 is 0. The molecule has 0 aromatic heterocycles. The zero-order chi connectivity index (χ0) is 26.7. The number of nitrogens with two attached hydrogens (primary N) is 1. The van der Waals surface area contributed by atoms with Crippen molar-refractivity contribution in [3.8, 4) is 11.5 Å². The van der Waals surface area contributed by atoms with Crippen LogP contribution in [0.3, 0.4) is 0 Å². The molecule has 1 heterocycles. The lowest BCUT2D eigenvalue weighted by atomic mass is 9.88. The van der Waals surface area contributed by atoms with Gasteiger partial charge in [0.05, 0.1) is 16.8 Å². The molecule has 186 valence electrons. The van der Waals surface area contributed by atoms with Gasteiger partial charge in [-0.2, -0.15) is 16.8 Å². The van der Waals surface area contributed by atoms with E-state index in [1.165, 1.54) is 18.2 Å². The van der Waals surface area contributed by atoms with Gasteiger partial charge < -0.3 is 20.7 Å². The third kappa shape index (κ3) is 3.97. The Hall–Kier alpha value is -4.24. The van der Waals surface area contributed by atoms with Crippen LogP contribution >= 0.6 is 0 Å². The molecule has 4 rings (SSSR count). The molecular formula is C22H15NO11S2. The Bertz CT molecular complexity index is 1840. The van der Waals surface area contributed by atoms with Crippen LogP contribution in [0.2, 0.25) is 0 Å². The molecule has 36 heavy (non-hydrogen) atoms. The van der Waals surface area contributed by atoms with Crippen LogP contribution < -0.4 is 20.9 Å². The van der Waals surface area contributed by atoms with Crippen LogP contribution in [0.15, 0.2) is 52.3 Å². The van der Waals surface area contributed by atoms with Crippen molar-refractivity contribution in [3.63, 3.8) is 0 Å². The van der Waals surface area contributed by atoms with Gasteiger partial charge in [-0.3, -0.25) is 9.11 Å². The van der Waals surface area contributed by atoms with Crippen molar-refractivity contribution in [2.75, 3.05) is 5.73 Å².